The summed E-state index contributed by atoms with van der Waals surface area (Å²) in [4.78, 5) is 20.5. The van der Waals surface area contributed by atoms with E-state index >= 15 is 0 Å². The van der Waals surface area contributed by atoms with Gasteiger partial charge in [-0.2, -0.15) is 5.06 Å². The second-order valence-corrected chi connectivity index (χ2v) is 1.60. The van der Waals surface area contributed by atoms with Crippen LogP contribution in [0, 0.1) is 0 Å². The van der Waals surface area contributed by atoms with Crippen LogP contribution in [0.5, 0.6) is 0 Å². The largest absolute Gasteiger partial charge is 0.279 e. The number of amides is 2. The van der Waals surface area contributed by atoms with Gasteiger partial charge in [0.2, 0.25) is 0 Å². The molecule has 1 aliphatic heterocycles. The summed E-state index contributed by atoms with van der Waals surface area (Å²) in [5.41, 5.74) is 0. The van der Waals surface area contributed by atoms with E-state index in [2.05, 4.69) is 0 Å². The monoisotopic (exact) mass is 217 g/mol. The Bertz CT molecular complexity index is 131. The fourth-order valence-electron chi connectivity index (χ4n) is 0.565. The first-order valence-electron chi connectivity index (χ1n) is 2.26. The number of hydrogen-bond acceptors (Lipinski definition) is 3. The molecule has 0 radical (unpaired) electrons. The molecule has 4 nitrogen and oxygen atoms in total. The third-order valence-corrected chi connectivity index (χ3v) is 1.03. The van der Waals surface area contributed by atoms with Crippen LogP contribution < -0.4 is 0 Å². The molecule has 0 unspecified atom stereocenters. The van der Waals surface area contributed by atoms with Crippen LogP contribution in [0.4, 0.5) is 0 Å². The van der Waals surface area contributed by atoms with E-state index in [1.165, 1.54) is 0 Å². The molecule has 0 aliphatic carbocycles. The molecule has 0 atom stereocenters. The third kappa shape index (κ3) is 1.56. The Hall–Kier alpha value is -0.277. The van der Waals surface area contributed by atoms with Crippen LogP contribution in [0.1, 0.15) is 12.8 Å². The molecule has 0 saturated carbocycles. The Morgan fingerprint density at radius 3 is 1.67 bits per heavy atom. The SMILES string of the molecule is O=C1CCC(=O)N1O.[Ru]. The van der Waals surface area contributed by atoms with E-state index in [-0.39, 0.29) is 37.4 Å². The van der Waals surface area contributed by atoms with E-state index in [4.69, 9.17) is 5.21 Å². The minimum atomic E-state index is -0.505. The Balaban J connectivity index is 0.000000640. The Morgan fingerprint density at radius 1 is 1.22 bits per heavy atom. The maximum absolute atomic E-state index is 10.2. The van der Waals surface area contributed by atoms with Crippen LogP contribution in [-0.4, -0.2) is 22.1 Å². The van der Waals surface area contributed by atoms with E-state index in [1.807, 2.05) is 0 Å². The first-order valence-corrected chi connectivity index (χ1v) is 2.26. The van der Waals surface area contributed by atoms with Crippen molar-refractivity contribution >= 4 is 11.8 Å². The van der Waals surface area contributed by atoms with Gasteiger partial charge >= 0.3 is 0 Å². The molecule has 5 heteroatoms. The van der Waals surface area contributed by atoms with Crippen LogP contribution in [-0.2, 0) is 29.1 Å². The molecule has 1 rings (SSSR count). The summed E-state index contributed by atoms with van der Waals surface area (Å²) >= 11 is 0. The van der Waals surface area contributed by atoms with E-state index in [0.717, 1.165) is 0 Å². The Morgan fingerprint density at radius 2 is 1.56 bits per heavy atom. The number of carbonyl (C=O) groups excluding carboxylic acids is 2. The number of imide groups is 1. The van der Waals surface area contributed by atoms with Crippen LogP contribution in [0.25, 0.3) is 0 Å². The molecule has 0 bridgehead atoms. The molecule has 0 aromatic carbocycles. The van der Waals surface area contributed by atoms with Gasteiger partial charge in [-0.25, -0.2) is 0 Å². The standard InChI is InChI=1S/C4H5NO3.Ru/c6-3-1-2-4(7)5(3)8;/h8H,1-2H2;. The van der Waals surface area contributed by atoms with Gasteiger partial charge in [0, 0.05) is 32.3 Å². The number of carbonyl (C=O) groups is 2. The molecule has 0 aromatic heterocycles. The summed E-state index contributed by atoms with van der Waals surface area (Å²) in [5.74, 6) is -1.01. The third-order valence-electron chi connectivity index (χ3n) is 1.03. The summed E-state index contributed by atoms with van der Waals surface area (Å²) in [7, 11) is 0. The maximum Gasteiger partial charge on any atom is 0.253 e. The molecular formula is C4H5NO3Ru. The molecule has 1 fully saturated rings. The minimum Gasteiger partial charge on any atom is -0.279 e. The van der Waals surface area contributed by atoms with Crippen molar-refractivity contribution in [2.45, 2.75) is 12.8 Å². The van der Waals surface area contributed by atoms with E-state index in [0.29, 0.717) is 0 Å². The van der Waals surface area contributed by atoms with Gasteiger partial charge in [-0.3, -0.25) is 14.8 Å². The summed E-state index contributed by atoms with van der Waals surface area (Å²) in [5, 5.41) is 8.57. The topological polar surface area (TPSA) is 57.6 Å². The fourth-order valence-corrected chi connectivity index (χ4v) is 0.565. The predicted molar refractivity (Wildman–Crippen MR) is 22.9 cm³/mol. The molecular weight excluding hydrogens is 211 g/mol. The normalized spacial score (nSPS) is 18.1. The molecule has 1 saturated heterocycles. The van der Waals surface area contributed by atoms with Crippen molar-refractivity contribution in [3.8, 4) is 0 Å². The van der Waals surface area contributed by atoms with Gasteiger partial charge in [0.15, 0.2) is 0 Å². The smallest absolute Gasteiger partial charge is 0.253 e. The predicted octanol–water partition coefficient (Wildman–Crippen LogP) is -0.478. The van der Waals surface area contributed by atoms with Crippen molar-refractivity contribution in [3.63, 3.8) is 0 Å². The summed E-state index contributed by atoms with van der Waals surface area (Å²) in [6, 6.07) is 0. The summed E-state index contributed by atoms with van der Waals surface area (Å²) in [6.45, 7) is 0. The second-order valence-electron chi connectivity index (χ2n) is 1.60. The fraction of sp³-hybridized carbons (Fsp3) is 0.500. The van der Waals surface area contributed by atoms with Crippen LogP contribution in [0.3, 0.4) is 0 Å². The number of hydroxylamine groups is 2. The first-order chi connectivity index (χ1) is 3.72. The molecule has 9 heavy (non-hydrogen) atoms. The van der Waals surface area contributed by atoms with Crippen molar-refractivity contribution in [2.75, 3.05) is 0 Å². The zero-order chi connectivity index (χ0) is 6.15. The molecule has 0 aromatic rings. The quantitative estimate of drug-likeness (QED) is 0.338. The minimum absolute atomic E-state index is 0. The molecule has 1 heterocycles. The zero-order valence-corrected chi connectivity index (χ0v) is 6.22. The van der Waals surface area contributed by atoms with Gasteiger partial charge < -0.3 is 0 Å². The average molecular weight is 216 g/mol. The van der Waals surface area contributed by atoms with Crippen molar-refractivity contribution in [3.05, 3.63) is 0 Å². The molecule has 1 aliphatic rings. The maximum atomic E-state index is 10.2. The first kappa shape index (κ1) is 8.72. The molecule has 0 spiro atoms. The van der Waals surface area contributed by atoms with Gasteiger partial charge in [-0.05, 0) is 0 Å². The van der Waals surface area contributed by atoms with Crippen molar-refractivity contribution in [2.24, 2.45) is 0 Å². The number of rotatable bonds is 0. The van der Waals surface area contributed by atoms with Gasteiger partial charge in [-0.15, -0.1) is 0 Å². The number of hydrogen-bond donors (Lipinski definition) is 1. The summed E-state index contributed by atoms with van der Waals surface area (Å²) < 4.78 is 0. The molecule has 2 amide bonds. The Labute approximate surface area is 64.5 Å². The average Bonchev–Trinajstić information content (AvgIpc) is 1.98. The van der Waals surface area contributed by atoms with Crippen molar-refractivity contribution < 1.29 is 34.3 Å². The summed E-state index contributed by atoms with van der Waals surface area (Å²) in [6.07, 6.45) is 0.296. The van der Waals surface area contributed by atoms with Crippen LogP contribution >= 0.6 is 0 Å². The van der Waals surface area contributed by atoms with E-state index in [9.17, 15) is 9.59 Å². The van der Waals surface area contributed by atoms with Gasteiger partial charge in [0.1, 0.15) is 0 Å². The van der Waals surface area contributed by atoms with Gasteiger partial charge in [-0.1, -0.05) is 0 Å². The van der Waals surface area contributed by atoms with E-state index < -0.39 is 11.8 Å². The van der Waals surface area contributed by atoms with Crippen LogP contribution in [0.2, 0.25) is 0 Å². The van der Waals surface area contributed by atoms with Crippen LogP contribution in [0.15, 0.2) is 0 Å². The number of nitrogens with zero attached hydrogens (tertiary/aromatic N) is 1. The molecule has 1 N–H and O–H groups in total. The van der Waals surface area contributed by atoms with Gasteiger partial charge in [0.05, 0.1) is 0 Å². The van der Waals surface area contributed by atoms with Crippen molar-refractivity contribution in [1.29, 1.82) is 0 Å². The second kappa shape index (κ2) is 3.04. The molecule has 52 valence electrons. The van der Waals surface area contributed by atoms with Gasteiger partial charge in [0.25, 0.3) is 11.8 Å². The van der Waals surface area contributed by atoms with E-state index in [1.54, 1.807) is 0 Å². The van der Waals surface area contributed by atoms with Crippen molar-refractivity contribution in [1.82, 2.24) is 5.06 Å². The Kier molecular flexibility index (Phi) is 2.94. The zero-order valence-electron chi connectivity index (χ0n) is 4.48.